The lowest BCUT2D eigenvalue weighted by Crippen LogP contribution is -2.06. The second kappa shape index (κ2) is 11.3. The number of allylic oxidation sites excluding steroid dienone is 2. The van der Waals surface area contributed by atoms with E-state index in [1.807, 2.05) is 53.7 Å². The molecule has 2 N–H and O–H groups in total. The summed E-state index contributed by atoms with van der Waals surface area (Å²) in [5.41, 5.74) is 3.41. The van der Waals surface area contributed by atoms with Gasteiger partial charge >= 0.3 is 0 Å². The van der Waals surface area contributed by atoms with Crippen molar-refractivity contribution in [2.75, 3.05) is 0 Å². The first-order valence-electron chi connectivity index (χ1n) is 6.76. The van der Waals surface area contributed by atoms with E-state index in [9.17, 15) is 0 Å². The van der Waals surface area contributed by atoms with Crippen LogP contribution in [0.3, 0.4) is 0 Å². The van der Waals surface area contributed by atoms with Crippen LogP contribution in [0.1, 0.15) is 54.0 Å². The molecule has 0 spiro atoms. The van der Waals surface area contributed by atoms with E-state index < -0.39 is 0 Å². The van der Waals surface area contributed by atoms with E-state index in [1.165, 1.54) is 0 Å². The minimum atomic E-state index is 0.437. The molecule has 0 unspecified atom stereocenters. The highest BCUT2D eigenvalue weighted by Crippen LogP contribution is 2.11. The zero-order valence-electron chi connectivity index (χ0n) is 13.3. The Morgan fingerprint density at radius 3 is 1.84 bits per heavy atom. The third-order valence-corrected chi connectivity index (χ3v) is 2.45. The van der Waals surface area contributed by atoms with Gasteiger partial charge in [0, 0.05) is 23.7 Å². The van der Waals surface area contributed by atoms with Gasteiger partial charge in [-0.3, -0.25) is 10.4 Å². The average molecular weight is 261 g/mol. The maximum absolute atomic E-state index is 7.96. The molecule has 0 aliphatic rings. The zero-order chi connectivity index (χ0) is 15.4. The Kier molecular flexibility index (Phi) is 11.7. The Morgan fingerprint density at radius 2 is 1.47 bits per heavy atom. The molecule has 0 aliphatic carbocycles. The second-order valence-electron chi connectivity index (χ2n) is 3.49. The Labute approximate surface area is 117 Å². The summed E-state index contributed by atoms with van der Waals surface area (Å²) < 4.78 is 0. The maximum Gasteiger partial charge on any atom is 0.0660 e. The van der Waals surface area contributed by atoms with Crippen LogP contribution in [0.4, 0.5) is 0 Å². The van der Waals surface area contributed by atoms with Crippen molar-refractivity contribution >= 4 is 11.4 Å². The Balaban J connectivity index is 0. The van der Waals surface area contributed by atoms with Crippen LogP contribution in [0, 0.1) is 10.8 Å². The van der Waals surface area contributed by atoms with Crippen LogP contribution in [0.25, 0.3) is 0 Å². The number of hydrogen-bond donors (Lipinski definition) is 2. The van der Waals surface area contributed by atoms with E-state index in [0.29, 0.717) is 11.4 Å². The number of aromatic nitrogens is 1. The monoisotopic (exact) mass is 261 g/mol. The summed E-state index contributed by atoms with van der Waals surface area (Å²) in [6.45, 7) is 13.5. The molecule has 19 heavy (non-hydrogen) atoms. The highest BCUT2D eigenvalue weighted by Gasteiger charge is 2.07. The van der Waals surface area contributed by atoms with Crippen LogP contribution < -0.4 is 0 Å². The molecule has 0 atom stereocenters. The summed E-state index contributed by atoms with van der Waals surface area (Å²) in [7, 11) is 0. The smallest absolute Gasteiger partial charge is 0.0660 e. The van der Waals surface area contributed by atoms with E-state index in [2.05, 4.69) is 4.98 Å². The molecule has 0 saturated heterocycles. The molecule has 0 aromatic carbocycles. The maximum atomic E-state index is 7.96. The first kappa shape index (κ1) is 19.6. The minimum absolute atomic E-state index is 0.437. The van der Waals surface area contributed by atoms with Crippen molar-refractivity contribution in [3.05, 3.63) is 41.2 Å². The Morgan fingerprint density at radius 1 is 0.947 bits per heavy atom. The molecule has 0 bridgehead atoms. The van der Waals surface area contributed by atoms with E-state index in [4.69, 9.17) is 10.8 Å². The van der Waals surface area contributed by atoms with Crippen LogP contribution >= 0.6 is 0 Å². The lowest BCUT2D eigenvalue weighted by molar-refractivity contribution is 1.29. The predicted molar refractivity (Wildman–Crippen MR) is 85.5 cm³/mol. The molecule has 0 saturated carbocycles. The van der Waals surface area contributed by atoms with Gasteiger partial charge in [0.25, 0.3) is 0 Å². The Hall–Kier alpha value is -1.77. The van der Waals surface area contributed by atoms with Gasteiger partial charge in [-0.05, 0) is 44.1 Å². The van der Waals surface area contributed by atoms with Crippen LogP contribution in [0.2, 0.25) is 0 Å². The van der Waals surface area contributed by atoms with Crippen molar-refractivity contribution in [3.63, 3.8) is 0 Å². The van der Waals surface area contributed by atoms with Gasteiger partial charge in [0.2, 0.25) is 0 Å². The van der Waals surface area contributed by atoms with Gasteiger partial charge in [-0.25, -0.2) is 0 Å². The van der Waals surface area contributed by atoms with Gasteiger partial charge in [-0.2, -0.15) is 0 Å². The fraction of sp³-hybridized carbons (Fsp3) is 0.438. The van der Waals surface area contributed by atoms with E-state index in [-0.39, 0.29) is 0 Å². The molecule has 1 aromatic heterocycles. The molecular formula is C16H27N3. The summed E-state index contributed by atoms with van der Waals surface area (Å²) >= 11 is 0. The zero-order valence-corrected chi connectivity index (χ0v) is 13.3. The molecule has 0 radical (unpaired) electrons. The van der Waals surface area contributed by atoms with Crippen molar-refractivity contribution < 1.29 is 0 Å². The van der Waals surface area contributed by atoms with Crippen molar-refractivity contribution in [1.29, 1.82) is 10.8 Å². The van der Waals surface area contributed by atoms with Crippen molar-refractivity contribution in [3.8, 4) is 0 Å². The minimum Gasteiger partial charge on any atom is -0.305 e. The summed E-state index contributed by atoms with van der Waals surface area (Å²) in [5.74, 6) is 0. The van der Waals surface area contributed by atoms with Gasteiger partial charge in [-0.1, -0.05) is 27.7 Å². The third-order valence-electron chi connectivity index (χ3n) is 2.45. The largest absolute Gasteiger partial charge is 0.305 e. The number of hydrogen-bond acceptors (Lipinski definition) is 3. The van der Waals surface area contributed by atoms with Crippen LogP contribution in [-0.2, 0) is 0 Å². The van der Waals surface area contributed by atoms with E-state index in [0.717, 1.165) is 16.7 Å². The summed E-state index contributed by atoms with van der Waals surface area (Å²) in [4.78, 5) is 3.98. The van der Waals surface area contributed by atoms with E-state index >= 15 is 0 Å². The molecular weight excluding hydrogens is 234 g/mol. The van der Waals surface area contributed by atoms with Crippen LogP contribution in [-0.4, -0.2) is 16.4 Å². The quantitative estimate of drug-likeness (QED) is 0.748. The number of rotatable bonds is 3. The van der Waals surface area contributed by atoms with Crippen LogP contribution in [0.5, 0.6) is 0 Å². The van der Waals surface area contributed by atoms with Gasteiger partial charge < -0.3 is 5.41 Å². The second-order valence-corrected chi connectivity index (χ2v) is 3.49. The molecule has 3 heteroatoms. The highest BCUT2D eigenvalue weighted by molar-refractivity contribution is 6.14. The number of nitrogens with zero attached hydrogens (tertiary/aromatic N) is 1. The molecule has 1 aromatic rings. The normalized spacial score (nSPS) is 10.1. The molecule has 1 rings (SSSR count). The fourth-order valence-electron chi connectivity index (χ4n) is 1.20. The standard InChI is InChI=1S/C12H15N3.2C2H6/c1-8(10(3)13)9(2)12(14)11-5-4-6-15-7-11;2*1-2/h4-7,13-14H,1-3H3;2*1-2H3/b9-8-,13-10?,14-12?;;. The molecule has 3 nitrogen and oxygen atoms in total. The van der Waals surface area contributed by atoms with Gasteiger partial charge in [0.15, 0.2) is 0 Å². The molecule has 0 amide bonds. The SMILES string of the molecule is CC.CC.CC(=N)/C(C)=C(/C)C(=N)c1cccnc1. The molecule has 1 heterocycles. The van der Waals surface area contributed by atoms with E-state index in [1.54, 1.807) is 19.3 Å². The van der Waals surface area contributed by atoms with Gasteiger partial charge in [0.05, 0.1) is 5.71 Å². The summed E-state index contributed by atoms with van der Waals surface area (Å²) in [6, 6.07) is 3.66. The van der Waals surface area contributed by atoms with Gasteiger partial charge in [-0.15, -0.1) is 0 Å². The summed E-state index contributed by atoms with van der Waals surface area (Å²) in [6.07, 6.45) is 3.35. The molecule has 106 valence electrons. The lowest BCUT2D eigenvalue weighted by Gasteiger charge is -2.08. The lowest BCUT2D eigenvalue weighted by atomic mass is 9.99. The predicted octanol–water partition coefficient (Wildman–Crippen LogP) is 4.88. The van der Waals surface area contributed by atoms with Gasteiger partial charge in [0.1, 0.15) is 0 Å². The first-order chi connectivity index (χ1) is 9.04. The number of pyridine rings is 1. The van der Waals surface area contributed by atoms with Crippen molar-refractivity contribution in [2.24, 2.45) is 0 Å². The third kappa shape index (κ3) is 6.65. The molecule has 0 fully saturated rings. The topological polar surface area (TPSA) is 60.6 Å². The fourth-order valence-corrected chi connectivity index (χ4v) is 1.20. The highest BCUT2D eigenvalue weighted by atomic mass is 14.6. The average Bonchev–Trinajstić information content (AvgIpc) is 2.49. The summed E-state index contributed by atoms with van der Waals surface area (Å²) in [5, 5.41) is 15.5. The Bertz CT molecular complexity index is 417. The first-order valence-corrected chi connectivity index (χ1v) is 6.76. The van der Waals surface area contributed by atoms with Crippen molar-refractivity contribution in [1.82, 2.24) is 4.98 Å². The molecule has 0 aliphatic heterocycles. The van der Waals surface area contributed by atoms with Crippen LogP contribution in [0.15, 0.2) is 35.7 Å². The van der Waals surface area contributed by atoms with Crippen molar-refractivity contribution in [2.45, 2.75) is 48.5 Å². The number of nitrogens with one attached hydrogen (secondary N) is 2.